The van der Waals surface area contributed by atoms with Crippen LogP contribution in [0, 0.1) is 0 Å². The van der Waals surface area contributed by atoms with Crippen LogP contribution in [0.25, 0.3) is 5.57 Å². The number of carbonyl (C=O) groups excluding carboxylic acids is 1. The average Bonchev–Trinajstić information content (AvgIpc) is 2.54. The summed E-state index contributed by atoms with van der Waals surface area (Å²) in [6.45, 7) is 0. The molecule has 0 aromatic carbocycles. The van der Waals surface area contributed by atoms with Crippen molar-refractivity contribution in [1.29, 1.82) is 0 Å². The first-order valence-electron chi connectivity index (χ1n) is 4.82. The fourth-order valence-electron chi connectivity index (χ4n) is 2.18. The van der Waals surface area contributed by atoms with Gasteiger partial charge in [-0.15, -0.1) is 0 Å². The number of fused-ring (bicyclic) bond motifs is 2. The molecule has 0 N–H and O–H groups in total. The Kier molecular flexibility index (Phi) is 1.63. The molecule has 0 fully saturated rings. The summed E-state index contributed by atoms with van der Waals surface area (Å²) in [6, 6.07) is 3.68. The Balaban J connectivity index is 2.21. The van der Waals surface area contributed by atoms with Crippen molar-refractivity contribution in [2.24, 2.45) is 0 Å². The van der Waals surface area contributed by atoms with Crippen molar-refractivity contribution in [3.63, 3.8) is 0 Å². The molecule has 0 radical (unpaired) electrons. The molecule has 0 unspecified atom stereocenters. The summed E-state index contributed by atoms with van der Waals surface area (Å²) in [5, 5.41) is 0. The lowest BCUT2D eigenvalue weighted by atomic mass is 9.95. The molecule has 0 saturated carbocycles. The second-order valence-electron chi connectivity index (χ2n) is 3.77. The van der Waals surface area contributed by atoms with Gasteiger partial charge < -0.3 is 0 Å². The number of ketones is 1. The Labute approximate surface area is 86.1 Å². The van der Waals surface area contributed by atoms with Crippen LogP contribution in [-0.4, -0.2) is 10.8 Å². The molecule has 0 spiro atoms. The van der Waals surface area contributed by atoms with E-state index < -0.39 is 0 Å². The van der Waals surface area contributed by atoms with Crippen LogP contribution < -0.4 is 0 Å². The summed E-state index contributed by atoms with van der Waals surface area (Å²) in [6.07, 6.45) is 3.64. The van der Waals surface area contributed by atoms with Gasteiger partial charge >= 0.3 is 0 Å². The van der Waals surface area contributed by atoms with E-state index >= 15 is 0 Å². The van der Waals surface area contributed by atoms with Gasteiger partial charge in [0.2, 0.25) is 0 Å². The topological polar surface area (TPSA) is 30.0 Å². The third-order valence-electron chi connectivity index (χ3n) is 2.78. The van der Waals surface area contributed by atoms with E-state index in [1.807, 2.05) is 6.07 Å². The maximum atomic E-state index is 13.1. The Morgan fingerprint density at radius 2 is 2.20 bits per heavy atom. The maximum absolute atomic E-state index is 13.1. The molecule has 74 valence electrons. The number of aromatic nitrogens is 1. The number of allylic oxidation sites excluding steroid dienone is 4. The van der Waals surface area contributed by atoms with E-state index in [9.17, 15) is 9.18 Å². The highest BCUT2D eigenvalue weighted by atomic mass is 19.1. The molecule has 0 bridgehead atoms. The van der Waals surface area contributed by atoms with Gasteiger partial charge in [-0.3, -0.25) is 9.78 Å². The molecule has 2 aliphatic rings. The summed E-state index contributed by atoms with van der Waals surface area (Å²) in [4.78, 5) is 15.9. The molecular formula is C12H8FNO. The van der Waals surface area contributed by atoms with Gasteiger partial charge in [-0.05, 0) is 17.7 Å². The Morgan fingerprint density at radius 3 is 3.07 bits per heavy atom. The summed E-state index contributed by atoms with van der Waals surface area (Å²) >= 11 is 0. The number of rotatable bonds is 0. The van der Waals surface area contributed by atoms with Gasteiger partial charge in [0.15, 0.2) is 5.78 Å². The second kappa shape index (κ2) is 2.86. The molecule has 1 aromatic heterocycles. The summed E-state index contributed by atoms with van der Waals surface area (Å²) in [5.41, 5.74) is 3.19. The van der Waals surface area contributed by atoms with E-state index in [1.165, 1.54) is 6.08 Å². The van der Waals surface area contributed by atoms with Crippen LogP contribution in [-0.2, 0) is 11.2 Å². The molecule has 0 aliphatic heterocycles. The molecule has 2 aliphatic carbocycles. The van der Waals surface area contributed by atoms with Crippen molar-refractivity contribution in [2.75, 3.05) is 0 Å². The van der Waals surface area contributed by atoms with Crippen molar-refractivity contribution in [1.82, 2.24) is 4.98 Å². The van der Waals surface area contributed by atoms with Crippen LogP contribution in [0.5, 0.6) is 0 Å². The van der Waals surface area contributed by atoms with Gasteiger partial charge in [0, 0.05) is 23.8 Å². The zero-order valence-electron chi connectivity index (χ0n) is 7.96. The highest BCUT2D eigenvalue weighted by Crippen LogP contribution is 2.37. The quantitative estimate of drug-likeness (QED) is 0.644. The lowest BCUT2D eigenvalue weighted by Crippen LogP contribution is -2.06. The van der Waals surface area contributed by atoms with Crippen molar-refractivity contribution in [3.05, 3.63) is 47.1 Å². The first-order valence-corrected chi connectivity index (χ1v) is 4.82. The van der Waals surface area contributed by atoms with Crippen LogP contribution >= 0.6 is 0 Å². The van der Waals surface area contributed by atoms with Gasteiger partial charge in [-0.1, -0.05) is 6.07 Å². The first kappa shape index (κ1) is 8.53. The third kappa shape index (κ3) is 1.16. The molecule has 1 heterocycles. The Morgan fingerprint density at radius 1 is 1.33 bits per heavy atom. The molecule has 15 heavy (non-hydrogen) atoms. The fourth-order valence-corrected chi connectivity index (χ4v) is 2.18. The van der Waals surface area contributed by atoms with Crippen molar-refractivity contribution in [3.8, 4) is 0 Å². The van der Waals surface area contributed by atoms with E-state index in [-0.39, 0.29) is 18.0 Å². The number of halogens is 1. The molecule has 0 atom stereocenters. The van der Waals surface area contributed by atoms with E-state index in [1.54, 1.807) is 12.3 Å². The van der Waals surface area contributed by atoms with Crippen molar-refractivity contribution in [2.45, 2.75) is 12.8 Å². The second-order valence-corrected chi connectivity index (χ2v) is 3.77. The Hall–Kier alpha value is -1.77. The predicted octanol–water partition coefficient (Wildman–Crippen LogP) is 2.22. The van der Waals surface area contributed by atoms with E-state index in [2.05, 4.69) is 4.98 Å². The van der Waals surface area contributed by atoms with Crippen molar-refractivity contribution < 1.29 is 9.18 Å². The monoisotopic (exact) mass is 201 g/mol. The smallest absolute Gasteiger partial charge is 0.170 e. The number of pyridine rings is 1. The van der Waals surface area contributed by atoms with Crippen molar-refractivity contribution >= 4 is 11.4 Å². The number of hydrogen-bond donors (Lipinski definition) is 0. The van der Waals surface area contributed by atoms with Crippen LogP contribution in [0.2, 0.25) is 0 Å². The minimum Gasteiger partial charge on any atom is -0.294 e. The normalized spacial score (nSPS) is 18.7. The average molecular weight is 201 g/mol. The van der Waals surface area contributed by atoms with Gasteiger partial charge in [-0.25, -0.2) is 4.39 Å². The standard InChI is InChI=1S/C12H8FNO/c13-8-4-7-5-10-9(2-1-3-14-10)12(7)11(15)6-8/h1-4H,5-6H2. The SMILES string of the molecule is O=C1CC(F)=CC2=C1c1cccnc1C2. The Bertz CT molecular complexity index is 528. The minimum atomic E-state index is -0.341. The maximum Gasteiger partial charge on any atom is 0.170 e. The van der Waals surface area contributed by atoms with Crippen LogP contribution in [0.4, 0.5) is 4.39 Å². The molecule has 1 aromatic rings. The molecule has 0 amide bonds. The zero-order chi connectivity index (χ0) is 10.4. The lowest BCUT2D eigenvalue weighted by molar-refractivity contribution is -0.113. The highest BCUT2D eigenvalue weighted by molar-refractivity contribution is 6.25. The summed E-state index contributed by atoms with van der Waals surface area (Å²) in [7, 11) is 0. The van der Waals surface area contributed by atoms with Gasteiger partial charge in [-0.2, -0.15) is 0 Å². The summed E-state index contributed by atoms with van der Waals surface area (Å²) in [5.74, 6) is -0.469. The van der Waals surface area contributed by atoms with Gasteiger partial charge in [0.05, 0.1) is 12.1 Å². The molecule has 3 heteroatoms. The highest BCUT2D eigenvalue weighted by Gasteiger charge is 2.29. The molecule has 0 saturated heterocycles. The predicted molar refractivity (Wildman–Crippen MR) is 53.7 cm³/mol. The number of carbonyl (C=O) groups is 1. The number of Topliss-reactive ketones (excluding diaryl/α,β-unsaturated/α-hetero) is 1. The molecule has 3 rings (SSSR count). The van der Waals surface area contributed by atoms with Crippen LogP contribution in [0.3, 0.4) is 0 Å². The molecular weight excluding hydrogens is 193 g/mol. The van der Waals surface area contributed by atoms with Gasteiger partial charge in [0.25, 0.3) is 0 Å². The number of nitrogens with zero attached hydrogens (tertiary/aromatic N) is 1. The van der Waals surface area contributed by atoms with E-state index in [0.717, 1.165) is 16.8 Å². The first-order chi connectivity index (χ1) is 7.25. The van der Waals surface area contributed by atoms with Crippen LogP contribution in [0.1, 0.15) is 17.7 Å². The lowest BCUT2D eigenvalue weighted by Gasteiger charge is -2.09. The fraction of sp³-hybridized carbons (Fsp3) is 0.167. The van der Waals surface area contributed by atoms with Crippen LogP contribution in [0.15, 0.2) is 35.8 Å². The number of hydrogen-bond acceptors (Lipinski definition) is 2. The zero-order valence-corrected chi connectivity index (χ0v) is 7.96. The summed E-state index contributed by atoms with van der Waals surface area (Å²) < 4.78 is 13.1. The van der Waals surface area contributed by atoms with Gasteiger partial charge in [0.1, 0.15) is 5.83 Å². The minimum absolute atomic E-state index is 0.104. The third-order valence-corrected chi connectivity index (χ3v) is 2.78. The van der Waals surface area contributed by atoms with E-state index in [4.69, 9.17) is 0 Å². The van der Waals surface area contributed by atoms with E-state index in [0.29, 0.717) is 12.0 Å². The molecule has 2 nitrogen and oxygen atoms in total. The largest absolute Gasteiger partial charge is 0.294 e.